The third-order valence-corrected chi connectivity index (χ3v) is 5.75. The number of carbonyl (C=O) groups is 2. The minimum Gasteiger partial charge on any atom is -0.479 e. The van der Waals surface area contributed by atoms with Crippen molar-refractivity contribution in [1.29, 1.82) is 0 Å². The molecule has 4 rings (SSSR count). The van der Waals surface area contributed by atoms with E-state index in [4.69, 9.17) is 14.6 Å². The largest absolute Gasteiger partial charge is 0.479 e. The maximum Gasteiger partial charge on any atom is 0.407 e. The molecule has 2 aromatic rings. The predicted molar refractivity (Wildman–Crippen MR) is 107 cm³/mol. The summed E-state index contributed by atoms with van der Waals surface area (Å²) in [6, 6.07) is 15.8. The molecule has 5 N–H and O–H groups in total. The highest BCUT2D eigenvalue weighted by atomic mass is 16.6. The van der Waals surface area contributed by atoms with E-state index in [9.17, 15) is 24.9 Å². The molecule has 5 atom stereocenters. The quantitative estimate of drug-likeness (QED) is 0.461. The summed E-state index contributed by atoms with van der Waals surface area (Å²) in [5.41, 5.74) is 4.31. The summed E-state index contributed by atoms with van der Waals surface area (Å²) in [5.74, 6) is -1.60. The monoisotopic (exact) mass is 429 g/mol. The average molecular weight is 429 g/mol. The highest BCUT2D eigenvalue weighted by Gasteiger charge is 2.46. The zero-order valence-electron chi connectivity index (χ0n) is 16.4. The number of fused-ring (bicyclic) bond motifs is 3. The molecule has 31 heavy (non-hydrogen) atoms. The van der Waals surface area contributed by atoms with Crippen molar-refractivity contribution in [1.82, 2.24) is 5.32 Å². The molecule has 1 aliphatic heterocycles. The first-order valence-electron chi connectivity index (χ1n) is 9.89. The second-order valence-corrected chi connectivity index (χ2v) is 7.61. The summed E-state index contributed by atoms with van der Waals surface area (Å²) in [6.45, 7) is -0.210. The van der Waals surface area contributed by atoms with E-state index in [2.05, 4.69) is 5.32 Å². The first kappa shape index (κ1) is 21.3. The van der Waals surface area contributed by atoms with Crippen LogP contribution in [0.25, 0.3) is 11.1 Å². The summed E-state index contributed by atoms with van der Waals surface area (Å²) in [5, 5.41) is 41.1. The molecule has 164 valence electrons. The Morgan fingerprint density at radius 1 is 0.903 bits per heavy atom. The van der Waals surface area contributed by atoms with Gasteiger partial charge in [-0.3, -0.25) is 0 Å². The van der Waals surface area contributed by atoms with Crippen molar-refractivity contribution in [3.63, 3.8) is 0 Å². The lowest BCUT2D eigenvalue weighted by Crippen LogP contribution is -2.61. The van der Waals surface area contributed by atoms with E-state index in [1.54, 1.807) is 0 Å². The molecular weight excluding hydrogens is 406 g/mol. The van der Waals surface area contributed by atoms with Crippen LogP contribution in [0.15, 0.2) is 48.5 Å². The number of hydrogen-bond acceptors (Lipinski definition) is 7. The third-order valence-electron chi connectivity index (χ3n) is 5.75. The van der Waals surface area contributed by atoms with Crippen molar-refractivity contribution < 1.29 is 39.5 Å². The molecule has 1 heterocycles. The molecule has 0 spiro atoms. The number of hydrogen-bond donors (Lipinski definition) is 5. The van der Waals surface area contributed by atoms with Crippen molar-refractivity contribution in [2.75, 3.05) is 13.2 Å². The molecule has 0 saturated carbocycles. The van der Waals surface area contributed by atoms with Gasteiger partial charge in [-0.15, -0.1) is 0 Å². The Labute approximate surface area is 177 Å². The molecule has 1 fully saturated rings. The van der Waals surface area contributed by atoms with Gasteiger partial charge in [-0.2, -0.15) is 0 Å². The number of carboxylic acids is 1. The summed E-state index contributed by atoms with van der Waals surface area (Å²) < 4.78 is 10.5. The van der Waals surface area contributed by atoms with E-state index in [-0.39, 0.29) is 19.1 Å². The molecule has 0 bridgehead atoms. The van der Waals surface area contributed by atoms with Crippen LogP contribution >= 0.6 is 0 Å². The molecule has 1 amide bonds. The van der Waals surface area contributed by atoms with Gasteiger partial charge in [0.2, 0.25) is 0 Å². The van der Waals surface area contributed by atoms with Gasteiger partial charge in [-0.25, -0.2) is 9.59 Å². The van der Waals surface area contributed by atoms with Crippen LogP contribution in [0.2, 0.25) is 0 Å². The van der Waals surface area contributed by atoms with E-state index >= 15 is 0 Å². The van der Waals surface area contributed by atoms with Gasteiger partial charge in [-0.1, -0.05) is 48.5 Å². The lowest BCUT2D eigenvalue weighted by molar-refractivity contribution is -0.226. The molecule has 1 aliphatic carbocycles. The van der Waals surface area contributed by atoms with E-state index in [0.717, 1.165) is 22.3 Å². The lowest BCUT2D eigenvalue weighted by Gasteiger charge is -2.38. The van der Waals surface area contributed by atoms with Crippen LogP contribution in [0.1, 0.15) is 17.0 Å². The summed E-state index contributed by atoms with van der Waals surface area (Å²) >= 11 is 0. The second-order valence-electron chi connectivity index (χ2n) is 7.61. The number of carboxylic acid groups (broad SMARTS) is 1. The highest BCUT2D eigenvalue weighted by Crippen LogP contribution is 2.44. The maximum atomic E-state index is 12.2. The van der Waals surface area contributed by atoms with Gasteiger partial charge < -0.3 is 35.2 Å². The van der Waals surface area contributed by atoms with Crippen molar-refractivity contribution in [3.05, 3.63) is 59.7 Å². The van der Waals surface area contributed by atoms with Gasteiger partial charge in [0.15, 0.2) is 6.10 Å². The first-order chi connectivity index (χ1) is 14.9. The van der Waals surface area contributed by atoms with Gasteiger partial charge in [0.1, 0.15) is 31.0 Å². The predicted octanol–water partition coefficient (Wildman–Crippen LogP) is 0.460. The number of nitrogens with one attached hydrogen (secondary N) is 1. The standard InChI is InChI=1S/C22H23NO8/c24-17-16(31-20(21(27)28)19(26)18(17)25)9-23-22(29)30-10-15-13-7-3-1-5-11(13)12-6-2-4-8-14(12)15/h1-8,15-20,24-26H,9-10H2,(H,23,29)(H,27,28)/t16-,17+,18-,19+,20-/m0/s1. The Bertz CT molecular complexity index is 934. The Balaban J connectivity index is 1.37. The molecule has 9 nitrogen and oxygen atoms in total. The van der Waals surface area contributed by atoms with Crippen LogP contribution in [0.5, 0.6) is 0 Å². The second kappa shape index (κ2) is 8.64. The van der Waals surface area contributed by atoms with Gasteiger partial charge >= 0.3 is 12.1 Å². The molecule has 0 radical (unpaired) electrons. The molecule has 0 unspecified atom stereocenters. The smallest absolute Gasteiger partial charge is 0.407 e. The van der Waals surface area contributed by atoms with Crippen LogP contribution in [0.3, 0.4) is 0 Å². The van der Waals surface area contributed by atoms with E-state index in [0.29, 0.717) is 0 Å². The Morgan fingerprint density at radius 2 is 1.48 bits per heavy atom. The Morgan fingerprint density at radius 3 is 2.06 bits per heavy atom. The Hall–Kier alpha value is -2.98. The number of rotatable bonds is 5. The van der Waals surface area contributed by atoms with E-state index in [1.165, 1.54) is 0 Å². The van der Waals surface area contributed by atoms with Gasteiger partial charge in [-0.05, 0) is 22.3 Å². The van der Waals surface area contributed by atoms with Crippen LogP contribution in [-0.2, 0) is 14.3 Å². The normalized spacial score (nSPS) is 27.3. The van der Waals surface area contributed by atoms with Crippen LogP contribution in [0.4, 0.5) is 4.79 Å². The molecule has 2 aliphatic rings. The van der Waals surface area contributed by atoms with Crippen molar-refractivity contribution >= 4 is 12.1 Å². The van der Waals surface area contributed by atoms with Crippen molar-refractivity contribution in [2.45, 2.75) is 36.4 Å². The van der Waals surface area contributed by atoms with Crippen molar-refractivity contribution in [2.24, 2.45) is 0 Å². The zero-order chi connectivity index (χ0) is 22.1. The SMILES string of the molecule is O=C(NC[C@@H]1O[C@H](C(=O)O)[C@H](O)[C@@H](O)[C@@H]1O)OCC1c2ccccc2-c2ccccc21. The maximum absolute atomic E-state index is 12.2. The highest BCUT2D eigenvalue weighted by molar-refractivity contribution is 5.79. The molecule has 1 saturated heterocycles. The van der Waals surface area contributed by atoms with Gasteiger partial charge in [0.25, 0.3) is 0 Å². The summed E-state index contributed by atoms with van der Waals surface area (Å²) in [7, 11) is 0. The summed E-state index contributed by atoms with van der Waals surface area (Å²) in [6.07, 6.45) is -8.78. The topological polar surface area (TPSA) is 146 Å². The fourth-order valence-corrected chi connectivity index (χ4v) is 4.16. The number of aliphatic hydroxyl groups excluding tert-OH is 3. The lowest BCUT2D eigenvalue weighted by atomic mass is 9.95. The average Bonchev–Trinajstić information content (AvgIpc) is 3.09. The number of aliphatic hydroxyl groups is 3. The number of carbonyl (C=O) groups excluding carboxylic acids is 1. The zero-order valence-corrected chi connectivity index (χ0v) is 16.4. The molecular formula is C22H23NO8. The molecule has 2 aromatic carbocycles. The van der Waals surface area contributed by atoms with Gasteiger partial charge in [0.05, 0.1) is 0 Å². The van der Waals surface area contributed by atoms with Crippen LogP contribution in [0, 0.1) is 0 Å². The molecule has 9 heteroatoms. The first-order valence-corrected chi connectivity index (χ1v) is 9.89. The molecule has 0 aromatic heterocycles. The minimum absolute atomic E-state index is 0.0903. The van der Waals surface area contributed by atoms with Crippen LogP contribution in [-0.4, -0.2) is 76.2 Å². The number of ether oxygens (including phenoxy) is 2. The summed E-state index contributed by atoms with van der Waals surface area (Å²) in [4.78, 5) is 23.4. The van der Waals surface area contributed by atoms with Crippen molar-refractivity contribution in [3.8, 4) is 11.1 Å². The fourth-order valence-electron chi connectivity index (χ4n) is 4.16. The number of amides is 1. The van der Waals surface area contributed by atoms with Gasteiger partial charge in [0, 0.05) is 12.5 Å². The van der Waals surface area contributed by atoms with E-state index in [1.807, 2.05) is 48.5 Å². The Kier molecular flexibility index (Phi) is 5.92. The third kappa shape index (κ3) is 4.00. The van der Waals surface area contributed by atoms with E-state index < -0.39 is 42.6 Å². The number of benzene rings is 2. The number of alkyl carbamates (subject to hydrolysis) is 1. The fraction of sp³-hybridized carbons (Fsp3) is 0.364. The number of aliphatic carboxylic acids is 1. The van der Waals surface area contributed by atoms with Crippen LogP contribution < -0.4 is 5.32 Å². The minimum atomic E-state index is -1.78.